The van der Waals surface area contributed by atoms with Gasteiger partial charge in [-0.25, -0.2) is 4.98 Å². The van der Waals surface area contributed by atoms with Gasteiger partial charge in [-0.1, -0.05) is 22.9 Å². The summed E-state index contributed by atoms with van der Waals surface area (Å²) in [5, 5.41) is 6.48. The maximum absolute atomic E-state index is 11.9. The normalized spacial score (nSPS) is 13.7. The van der Waals surface area contributed by atoms with Crippen LogP contribution in [0.25, 0.3) is 0 Å². The van der Waals surface area contributed by atoms with Crippen molar-refractivity contribution in [3.8, 4) is 5.75 Å². The van der Waals surface area contributed by atoms with Crippen LogP contribution in [0.4, 0.5) is 5.13 Å². The number of halogens is 1. The number of amides is 2. The third-order valence-electron chi connectivity index (χ3n) is 3.21. The number of hydrogen-bond donors (Lipinski definition) is 2. The summed E-state index contributed by atoms with van der Waals surface area (Å²) in [6, 6.07) is 6.74. The molecule has 0 fully saturated rings. The van der Waals surface area contributed by atoms with E-state index in [-0.39, 0.29) is 18.4 Å². The van der Waals surface area contributed by atoms with Gasteiger partial charge in [-0.2, -0.15) is 0 Å². The van der Waals surface area contributed by atoms with E-state index in [1.54, 1.807) is 24.3 Å². The second-order valence-corrected chi connectivity index (χ2v) is 6.38. The molecule has 0 saturated heterocycles. The smallest absolute Gasteiger partial charge is 0.264 e. The van der Waals surface area contributed by atoms with Crippen molar-refractivity contribution in [3.05, 3.63) is 39.9 Å². The average Bonchev–Trinajstić information content (AvgIpc) is 2.86. The Morgan fingerprint density at radius 2 is 2.17 bits per heavy atom. The molecule has 2 N–H and O–H groups in total. The van der Waals surface area contributed by atoms with E-state index in [1.165, 1.54) is 11.3 Å². The van der Waals surface area contributed by atoms with Crippen molar-refractivity contribution >= 4 is 39.9 Å². The molecule has 0 atom stereocenters. The fourth-order valence-electron chi connectivity index (χ4n) is 2.13. The number of carbonyl (C=O) groups excluding carboxylic acids is 2. The number of rotatable bonds is 4. The van der Waals surface area contributed by atoms with Gasteiger partial charge in [0.15, 0.2) is 11.7 Å². The molecule has 2 heterocycles. The van der Waals surface area contributed by atoms with Crippen LogP contribution >= 0.6 is 22.9 Å². The van der Waals surface area contributed by atoms with E-state index in [9.17, 15) is 9.59 Å². The highest BCUT2D eigenvalue weighted by Crippen LogP contribution is 2.25. The Kier molecular flexibility index (Phi) is 4.78. The topological polar surface area (TPSA) is 80.3 Å². The zero-order valence-electron chi connectivity index (χ0n) is 12.1. The van der Waals surface area contributed by atoms with Crippen LogP contribution in [0, 0.1) is 0 Å². The first-order chi connectivity index (χ1) is 11.1. The molecule has 2 aromatic rings. The second kappa shape index (κ2) is 6.97. The van der Waals surface area contributed by atoms with Gasteiger partial charge < -0.3 is 10.1 Å². The van der Waals surface area contributed by atoms with Crippen LogP contribution in [0.15, 0.2) is 24.3 Å². The molecule has 0 saturated carbocycles. The van der Waals surface area contributed by atoms with Crippen molar-refractivity contribution < 1.29 is 14.3 Å². The van der Waals surface area contributed by atoms with Crippen molar-refractivity contribution in [1.82, 2.24) is 10.3 Å². The number of ether oxygens (including phenoxy) is 1. The first kappa shape index (κ1) is 15.8. The van der Waals surface area contributed by atoms with E-state index < -0.39 is 0 Å². The zero-order chi connectivity index (χ0) is 16.2. The molecule has 8 heteroatoms. The quantitative estimate of drug-likeness (QED) is 0.886. The van der Waals surface area contributed by atoms with Crippen molar-refractivity contribution in [2.75, 3.05) is 18.5 Å². The first-order valence-corrected chi connectivity index (χ1v) is 8.27. The van der Waals surface area contributed by atoms with Gasteiger partial charge in [-0.3, -0.25) is 14.9 Å². The number of hydrogen-bond acceptors (Lipinski definition) is 5. The number of nitrogens with zero attached hydrogens (tertiary/aromatic N) is 1. The van der Waals surface area contributed by atoms with Crippen molar-refractivity contribution in [2.24, 2.45) is 0 Å². The van der Waals surface area contributed by atoms with Gasteiger partial charge >= 0.3 is 0 Å². The molecule has 1 aliphatic heterocycles. The lowest BCUT2D eigenvalue weighted by Gasteiger charge is -2.05. The number of fused-ring (bicyclic) bond motifs is 1. The van der Waals surface area contributed by atoms with Crippen LogP contribution in [0.3, 0.4) is 0 Å². The van der Waals surface area contributed by atoms with E-state index in [4.69, 9.17) is 16.3 Å². The van der Waals surface area contributed by atoms with Crippen molar-refractivity contribution in [1.29, 1.82) is 0 Å². The monoisotopic (exact) mass is 351 g/mol. The van der Waals surface area contributed by atoms with Gasteiger partial charge in [0.1, 0.15) is 10.6 Å². The molecule has 0 radical (unpaired) electrons. The SMILES string of the molecule is O=C(COc1ccc(Cl)cc1)Nc1nc2c(s1)C(=O)NCCC2. The van der Waals surface area contributed by atoms with E-state index >= 15 is 0 Å². The standard InChI is InChI=1S/C15H14ClN3O3S/c16-9-3-5-10(6-4-9)22-8-12(20)19-15-18-11-2-1-7-17-14(21)13(11)23-15/h3-6H,1-2,7-8H2,(H,17,21)(H,18,19,20). The van der Waals surface area contributed by atoms with Crippen LogP contribution in [0.1, 0.15) is 21.8 Å². The lowest BCUT2D eigenvalue weighted by molar-refractivity contribution is -0.118. The van der Waals surface area contributed by atoms with Gasteiger partial charge in [-0.05, 0) is 37.1 Å². The summed E-state index contributed by atoms with van der Waals surface area (Å²) in [4.78, 5) is 28.7. The van der Waals surface area contributed by atoms with Crippen LogP contribution in [-0.2, 0) is 11.2 Å². The minimum Gasteiger partial charge on any atom is -0.484 e. The third-order valence-corrected chi connectivity index (χ3v) is 4.47. The van der Waals surface area contributed by atoms with Crippen LogP contribution in [-0.4, -0.2) is 29.9 Å². The predicted molar refractivity (Wildman–Crippen MR) is 88.3 cm³/mol. The molecule has 1 aromatic heterocycles. The fraction of sp³-hybridized carbons (Fsp3) is 0.267. The summed E-state index contributed by atoms with van der Waals surface area (Å²) in [5.41, 5.74) is 0.735. The number of thiazole rings is 1. The number of aromatic nitrogens is 1. The Balaban J connectivity index is 1.59. The Labute approximate surface area is 141 Å². The predicted octanol–water partition coefficient (Wildman–Crippen LogP) is 2.49. The Morgan fingerprint density at radius 3 is 2.96 bits per heavy atom. The summed E-state index contributed by atoms with van der Waals surface area (Å²) >= 11 is 6.96. The van der Waals surface area contributed by atoms with E-state index in [1.807, 2.05) is 0 Å². The van der Waals surface area contributed by atoms with Gasteiger partial charge in [0, 0.05) is 11.6 Å². The van der Waals surface area contributed by atoms with E-state index in [0.29, 0.717) is 27.3 Å². The molecule has 0 bridgehead atoms. The van der Waals surface area contributed by atoms with Gasteiger partial charge in [0.25, 0.3) is 11.8 Å². The molecule has 0 unspecified atom stereocenters. The maximum Gasteiger partial charge on any atom is 0.264 e. The summed E-state index contributed by atoms with van der Waals surface area (Å²) in [6.45, 7) is 0.511. The Bertz CT molecular complexity index is 730. The number of nitrogens with one attached hydrogen (secondary N) is 2. The zero-order valence-corrected chi connectivity index (χ0v) is 13.7. The van der Waals surface area contributed by atoms with E-state index in [2.05, 4.69) is 15.6 Å². The fourth-order valence-corrected chi connectivity index (χ4v) is 3.20. The number of benzene rings is 1. The second-order valence-electron chi connectivity index (χ2n) is 4.95. The molecule has 0 aliphatic carbocycles. The molecule has 3 rings (SSSR count). The third kappa shape index (κ3) is 4.00. The minimum absolute atomic E-state index is 0.132. The molecule has 0 spiro atoms. The summed E-state index contributed by atoms with van der Waals surface area (Å²) in [6.07, 6.45) is 1.57. The minimum atomic E-state index is -0.329. The number of carbonyl (C=O) groups is 2. The van der Waals surface area contributed by atoms with Crippen LogP contribution < -0.4 is 15.4 Å². The summed E-state index contributed by atoms with van der Waals surface area (Å²) < 4.78 is 5.37. The molecule has 23 heavy (non-hydrogen) atoms. The molecular formula is C15H14ClN3O3S. The van der Waals surface area contributed by atoms with Crippen LogP contribution in [0.2, 0.25) is 5.02 Å². The lowest BCUT2D eigenvalue weighted by Crippen LogP contribution is -2.21. The lowest BCUT2D eigenvalue weighted by atomic mass is 10.2. The Hall–Kier alpha value is -2.12. The van der Waals surface area contributed by atoms with Gasteiger partial charge in [-0.15, -0.1) is 0 Å². The molecule has 6 nitrogen and oxygen atoms in total. The largest absolute Gasteiger partial charge is 0.484 e. The first-order valence-electron chi connectivity index (χ1n) is 7.08. The summed E-state index contributed by atoms with van der Waals surface area (Å²) in [7, 11) is 0. The van der Waals surface area contributed by atoms with Crippen LogP contribution in [0.5, 0.6) is 5.75 Å². The molecule has 1 aliphatic rings. The highest BCUT2D eigenvalue weighted by atomic mass is 35.5. The average molecular weight is 352 g/mol. The number of anilines is 1. The highest BCUT2D eigenvalue weighted by molar-refractivity contribution is 7.17. The highest BCUT2D eigenvalue weighted by Gasteiger charge is 2.21. The molecular weight excluding hydrogens is 338 g/mol. The van der Waals surface area contributed by atoms with Gasteiger partial charge in [0.2, 0.25) is 0 Å². The molecule has 1 aromatic carbocycles. The molecule has 2 amide bonds. The molecule has 120 valence electrons. The van der Waals surface area contributed by atoms with E-state index in [0.717, 1.165) is 18.5 Å². The maximum atomic E-state index is 11.9. The van der Waals surface area contributed by atoms with Crippen molar-refractivity contribution in [3.63, 3.8) is 0 Å². The van der Waals surface area contributed by atoms with Gasteiger partial charge in [0.05, 0.1) is 5.69 Å². The number of aryl methyl sites for hydroxylation is 1. The Morgan fingerprint density at radius 1 is 1.39 bits per heavy atom. The van der Waals surface area contributed by atoms with Crippen molar-refractivity contribution in [2.45, 2.75) is 12.8 Å². The summed E-state index contributed by atoms with van der Waals surface area (Å²) in [5.74, 6) is 0.0935.